The normalized spacial score (nSPS) is 28.1. The van der Waals surface area contributed by atoms with Gasteiger partial charge in [0, 0.05) is 19.1 Å². The van der Waals surface area contributed by atoms with Gasteiger partial charge in [-0.2, -0.15) is 0 Å². The minimum atomic E-state index is -0.825. The summed E-state index contributed by atoms with van der Waals surface area (Å²) >= 11 is 0. The molecule has 1 unspecified atom stereocenters. The predicted molar refractivity (Wildman–Crippen MR) is 145 cm³/mol. The second-order valence-corrected chi connectivity index (χ2v) is 10.8. The highest BCUT2D eigenvalue weighted by Gasteiger charge is 2.35. The number of ether oxygens (including phenoxy) is 2. The van der Waals surface area contributed by atoms with Crippen molar-refractivity contribution in [2.45, 2.75) is 56.7 Å². The number of nitrogens with zero attached hydrogens (tertiary/aromatic N) is 2. The molecule has 2 saturated heterocycles. The van der Waals surface area contributed by atoms with Crippen LogP contribution in [0.3, 0.4) is 0 Å². The number of aliphatic hydroxyl groups excluding tert-OH is 1. The van der Waals surface area contributed by atoms with E-state index in [4.69, 9.17) is 9.47 Å². The van der Waals surface area contributed by atoms with Crippen LogP contribution in [0.25, 0.3) is 0 Å². The summed E-state index contributed by atoms with van der Waals surface area (Å²) in [5, 5.41) is 14.7. The monoisotopic (exact) mass is 507 g/mol. The van der Waals surface area contributed by atoms with Gasteiger partial charge in [0.2, 0.25) is 5.91 Å². The Labute approximate surface area is 220 Å². The Bertz CT molecular complexity index is 1020. The lowest BCUT2D eigenvalue weighted by Gasteiger charge is -2.31. The van der Waals surface area contributed by atoms with Gasteiger partial charge in [0.25, 0.3) is 0 Å². The first-order valence-corrected chi connectivity index (χ1v) is 13.9. The fourth-order valence-electron chi connectivity index (χ4n) is 6.02. The van der Waals surface area contributed by atoms with Crippen molar-refractivity contribution in [2.75, 3.05) is 45.9 Å². The molecule has 2 N–H and O–H groups in total. The van der Waals surface area contributed by atoms with Gasteiger partial charge < -0.3 is 24.8 Å². The first-order valence-electron chi connectivity index (χ1n) is 13.9. The maximum Gasteiger partial charge on any atom is 0.224 e. The third kappa shape index (κ3) is 6.64. The third-order valence-corrected chi connectivity index (χ3v) is 8.12. The zero-order valence-electron chi connectivity index (χ0n) is 21.8. The molecule has 0 radical (unpaired) electrons. The van der Waals surface area contributed by atoms with Gasteiger partial charge in [0.15, 0.2) is 11.5 Å². The van der Waals surface area contributed by atoms with E-state index in [0.29, 0.717) is 37.3 Å². The third-order valence-electron chi connectivity index (χ3n) is 8.12. The van der Waals surface area contributed by atoms with Crippen LogP contribution in [0, 0.1) is 5.92 Å². The fourth-order valence-corrected chi connectivity index (χ4v) is 6.02. The van der Waals surface area contributed by atoms with Gasteiger partial charge in [0.1, 0.15) is 19.3 Å². The van der Waals surface area contributed by atoms with E-state index >= 15 is 0 Å². The molecule has 0 spiro atoms. The summed E-state index contributed by atoms with van der Waals surface area (Å²) in [4.78, 5) is 18.3. The fraction of sp³-hybridized carbons (Fsp3) is 0.567. The van der Waals surface area contributed by atoms with Crippen molar-refractivity contribution in [2.24, 2.45) is 5.92 Å². The predicted octanol–water partition coefficient (Wildman–Crippen LogP) is 3.61. The van der Waals surface area contributed by atoms with Crippen LogP contribution in [0.4, 0.5) is 0 Å². The molecule has 1 aromatic carbocycles. The van der Waals surface area contributed by atoms with Crippen LogP contribution in [0.1, 0.15) is 50.2 Å². The second kappa shape index (κ2) is 12.3. The standard InChI is InChI=1S/C30H41N3O4/c1-22-8-4-2-3-5-9-25(18-22)33-15-12-24(20-33)30(35)31-26(21-32-13-6-7-14-32)29(34)23-10-11-27-28(19-23)37-17-16-36-27/h2-4,8,10-11,19,24-26,29,34H,1,5-7,9,12-18,20-21H2,(H,31,35)/b3-2-,8-4-/t24-,25?,26-,29-/m1/s1. The highest BCUT2D eigenvalue weighted by Crippen LogP contribution is 2.34. The van der Waals surface area contributed by atoms with E-state index in [1.165, 1.54) is 0 Å². The number of hydrogen-bond donors (Lipinski definition) is 2. The van der Waals surface area contributed by atoms with Crippen LogP contribution in [-0.2, 0) is 4.79 Å². The molecule has 1 aromatic rings. The van der Waals surface area contributed by atoms with E-state index in [1.54, 1.807) is 0 Å². The summed E-state index contributed by atoms with van der Waals surface area (Å²) in [6.45, 7) is 9.58. The average molecular weight is 508 g/mol. The molecule has 4 atom stereocenters. The SMILES string of the molecule is C=C1/C=C\C=C/CCC(N2CC[C@@H](C(=O)N[C@H](CN3CCCC3)[C@H](O)c3ccc4c(c3)OCCO4)C2)C1. The molecule has 0 aromatic heterocycles. The van der Waals surface area contributed by atoms with Crippen molar-refractivity contribution in [3.05, 3.63) is 60.2 Å². The lowest BCUT2D eigenvalue weighted by molar-refractivity contribution is -0.126. The number of amides is 1. The Morgan fingerprint density at radius 3 is 2.76 bits per heavy atom. The molecule has 200 valence electrons. The molecule has 37 heavy (non-hydrogen) atoms. The molecule has 0 saturated carbocycles. The van der Waals surface area contributed by atoms with Crippen molar-refractivity contribution in [1.82, 2.24) is 15.1 Å². The lowest BCUT2D eigenvalue weighted by Crippen LogP contribution is -2.49. The molecule has 4 aliphatic rings. The quantitative estimate of drug-likeness (QED) is 0.587. The number of nitrogens with one attached hydrogen (secondary N) is 1. The van der Waals surface area contributed by atoms with Crippen molar-refractivity contribution in [1.29, 1.82) is 0 Å². The van der Waals surface area contributed by atoms with E-state index < -0.39 is 6.10 Å². The van der Waals surface area contributed by atoms with Crippen LogP contribution in [0.5, 0.6) is 11.5 Å². The van der Waals surface area contributed by atoms with Crippen LogP contribution < -0.4 is 14.8 Å². The molecule has 1 amide bonds. The summed E-state index contributed by atoms with van der Waals surface area (Å²) < 4.78 is 11.4. The summed E-state index contributed by atoms with van der Waals surface area (Å²) in [5.74, 6) is 1.33. The van der Waals surface area contributed by atoms with E-state index in [0.717, 1.165) is 75.8 Å². The second-order valence-electron chi connectivity index (χ2n) is 10.8. The number of fused-ring (bicyclic) bond motifs is 1. The number of allylic oxidation sites excluding steroid dienone is 4. The van der Waals surface area contributed by atoms with Gasteiger partial charge >= 0.3 is 0 Å². The van der Waals surface area contributed by atoms with Crippen LogP contribution in [0.2, 0.25) is 0 Å². The largest absolute Gasteiger partial charge is 0.486 e. The maximum absolute atomic E-state index is 13.5. The van der Waals surface area contributed by atoms with E-state index in [1.807, 2.05) is 18.2 Å². The van der Waals surface area contributed by atoms with Gasteiger partial charge in [-0.25, -0.2) is 0 Å². The first kappa shape index (κ1) is 26.0. The van der Waals surface area contributed by atoms with Crippen molar-refractivity contribution >= 4 is 5.91 Å². The molecular formula is C30H41N3O4. The summed E-state index contributed by atoms with van der Waals surface area (Å²) in [7, 11) is 0. The Morgan fingerprint density at radius 1 is 1.11 bits per heavy atom. The molecule has 3 aliphatic heterocycles. The van der Waals surface area contributed by atoms with E-state index in [-0.39, 0.29) is 17.9 Å². The van der Waals surface area contributed by atoms with Crippen LogP contribution in [0.15, 0.2) is 54.7 Å². The van der Waals surface area contributed by atoms with Gasteiger partial charge in [-0.15, -0.1) is 0 Å². The number of benzene rings is 1. The van der Waals surface area contributed by atoms with E-state index in [2.05, 4.69) is 46.0 Å². The molecule has 3 heterocycles. The smallest absolute Gasteiger partial charge is 0.224 e. The number of carbonyl (C=O) groups excluding carboxylic acids is 1. The Morgan fingerprint density at radius 2 is 1.92 bits per heavy atom. The topological polar surface area (TPSA) is 74.3 Å². The molecular weight excluding hydrogens is 466 g/mol. The number of carbonyl (C=O) groups is 1. The van der Waals surface area contributed by atoms with Crippen LogP contribution >= 0.6 is 0 Å². The zero-order valence-corrected chi connectivity index (χ0v) is 21.8. The minimum Gasteiger partial charge on any atom is -0.486 e. The summed E-state index contributed by atoms with van der Waals surface area (Å²) in [6, 6.07) is 5.60. The number of hydrogen-bond acceptors (Lipinski definition) is 6. The molecule has 2 fully saturated rings. The first-order chi connectivity index (χ1) is 18.1. The lowest BCUT2D eigenvalue weighted by atomic mass is 9.99. The number of likely N-dealkylation sites (tertiary alicyclic amines) is 2. The number of aliphatic hydroxyl groups is 1. The zero-order chi connectivity index (χ0) is 25.6. The maximum atomic E-state index is 13.5. The van der Waals surface area contributed by atoms with Crippen molar-refractivity contribution in [3.63, 3.8) is 0 Å². The van der Waals surface area contributed by atoms with Gasteiger partial charge in [-0.1, -0.05) is 42.5 Å². The molecule has 0 bridgehead atoms. The Balaban J connectivity index is 1.25. The van der Waals surface area contributed by atoms with Gasteiger partial charge in [-0.05, 0) is 75.9 Å². The molecule has 1 aliphatic carbocycles. The molecule has 7 nitrogen and oxygen atoms in total. The van der Waals surface area contributed by atoms with E-state index in [9.17, 15) is 9.90 Å². The van der Waals surface area contributed by atoms with Crippen molar-refractivity contribution < 1.29 is 19.4 Å². The van der Waals surface area contributed by atoms with Crippen LogP contribution in [-0.4, -0.2) is 78.8 Å². The highest BCUT2D eigenvalue weighted by molar-refractivity contribution is 5.79. The summed E-state index contributed by atoms with van der Waals surface area (Å²) in [5.41, 5.74) is 1.88. The van der Waals surface area contributed by atoms with Gasteiger partial charge in [-0.3, -0.25) is 9.69 Å². The molecule has 5 rings (SSSR count). The minimum absolute atomic E-state index is 0.0463. The summed E-state index contributed by atoms with van der Waals surface area (Å²) in [6.07, 6.45) is 13.9. The highest BCUT2D eigenvalue weighted by atomic mass is 16.6. The average Bonchev–Trinajstić information content (AvgIpc) is 3.62. The molecule has 7 heteroatoms. The van der Waals surface area contributed by atoms with Gasteiger partial charge in [0.05, 0.1) is 12.0 Å². The Kier molecular flexibility index (Phi) is 8.64. The Hall–Kier alpha value is -2.61. The number of rotatable bonds is 7. The van der Waals surface area contributed by atoms with Crippen molar-refractivity contribution in [3.8, 4) is 11.5 Å².